The van der Waals surface area contributed by atoms with Gasteiger partial charge in [0.25, 0.3) is 5.91 Å². The first-order valence-electron chi connectivity index (χ1n) is 8.91. The number of rotatable bonds is 1. The monoisotopic (exact) mass is 406 g/mol. The largest absolute Gasteiger partial charge is 0.492 e. The first-order chi connectivity index (χ1) is 12.9. The third kappa shape index (κ3) is 3.37. The molecule has 1 aromatic heterocycles. The topological polar surface area (TPSA) is 66.9 Å². The quantitative estimate of drug-likeness (QED) is 0.730. The molecule has 0 aliphatic carbocycles. The molecular weight excluding hydrogens is 384 g/mol. The van der Waals surface area contributed by atoms with Crippen molar-refractivity contribution in [3.63, 3.8) is 0 Å². The first-order valence-corrected chi connectivity index (χ1v) is 11.3. The van der Waals surface area contributed by atoms with Gasteiger partial charge in [-0.05, 0) is 36.4 Å². The van der Waals surface area contributed by atoms with Gasteiger partial charge in [0.05, 0.1) is 12.2 Å². The number of benzene rings is 1. The average Bonchev–Trinajstić information content (AvgIpc) is 3.21. The van der Waals surface area contributed by atoms with Gasteiger partial charge in [-0.1, -0.05) is 12.1 Å². The molecule has 2 aliphatic rings. The van der Waals surface area contributed by atoms with Gasteiger partial charge in [0.1, 0.15) is 10.6 Å². The Morgan fingerprint density at radius 3 is 2.63 bits per heavy atom. The number of carbonyl (C=O) groups is 1. The SMILES string of the molecule is CN1CC2(CCN(C(=O)c3ccsc3)CC2)COc2ccccc2S1(=O)=O. The molecule has 27 heavy (non-hydrogen) atoms. The van der Waals surface area contributed by atoms with E-state index in [0.29, 0.717) is 44.8 Å². The van der Waals surface area contributed by atoms with E-state index in [4.69, 9.17) is 4.74 Å². The molecule has 4 rings (SSSR count). The van der Waals surface area contributed by atoms with Crippen molar-refractivity contribution >= 4 is 27.3 Å². The van der Waals surface area contributed by atoms with E-state index < -0.39 is 10.0 Å². The van der Waals surface area contributed by atoms with Gasteiger partial charge in [0, 0.05) is 37.5 Å². The molecule has 3 heterocycles. The summed E-state index contributed by atoms with van der Waals surface area (Å²) in [7, 11) is -1.97. The van der Waals surface area contributed by atoms with Crippen LogP contribution in [0.25, 0.3) is 0 Å². The smallest absolute Gasteiger partial charge is 0.254 e. The van der Waals surface area contributed by atoms with Crippen LogP contribution < -0.4 is 4.74 Å². The maximum atomic E-state index is 12.9. The zero-order valence-electron chi connectivity index (χ0n) is 15.1. The first kappa shape index (κ1) is 18.5. The van der Waals surface area contributed by atoms with Gasteiger partial charge >= 0.3 is 0 Å². The molecule has 2 aromatic rings. The summed E-state index contributed by atoms with van der Waals surface area (Å²) in [6.45, 7) is 2.05. The van der Waals surface area contributed by atoms with Crippen LogP contribution in [0.1, 0.15) is 23.2 Å². The van der Waals surface area contributed by atoms with Crippen molar-refractivity contribution in [1.29, 1.82) is 0 Å². The van der Waals surface area contributed by atoms with Crippen LogP contribution in [0.15, 0.2) is 46.0 Å². The van der Waals surface area contributed by atoms with Gasteiger partial charge < -0.3 is 9.64 Å². The number of nitrogens with zero attached hydrogens (tertiary/aromatic N) is 2. The Hall–Kier alpha value is -1.90. The number of fused-ring (bicyclic) bond motifs is 1. The molecule has 1 aromatic carbocycles. The Morgan fingerprint density at radius 1 is 1.19 bits per heavy atom. The van der Waals surface area contributed by atoms with Gasteiger partial charge in [-0.15, -0.1) is 0 Å². The number of para-hydroxylation sites is 1. The van der Waals surface area contributed by atoms with Crippen molar-refractivity contribution in [2.75, 3.05) is 33.3 Å². The lowest BCUT2D eigenvalue weighted by Gasteiger charge is -2.44. The van der Waals surface area contributed by atoms with Crippen molar-refractivity contribution in [1.82, 2.24) is 9.21 Å². The number of amides is 1. The summed E-state index contributed by atoms with van der Waals surface area (Å²) in [4.78, 5) is 14.7. The summed E-state index contributed by atoms with van der Waals surface area (Å²) >= 11 is 1.51. The van der Waals surface area contributed by atoms with Crippen LogP contribution in [0.5, 0.6) is 5.75 Å². The minimum absolute atomic E-state index is 0.0455. The summed E-state index contributed by atoms with van der Waals surface area (Å²) in [5.41, 5.74) is 0.430. The molecule has 0 radical (unpaired) electrons. The second kappa shape index (κ2) is 6.92. The lowest BCUT2D eigenvalue weighted by molar-refractivity contribution is 0.0325. The zero-order valence-corrected chi connectivity index (χ0v) is 16.8. The van der Waals surface area contributed by atoms with Crippen molar-refractivity contribution in [3.8, 4) is 5.75 Å². The number of piperidine rings is 1. The summed E-state index contributed by atoms with van der Waals surface area (Å²) in [6.07, 6.45) is 1.43. The predicted octanol–water partition coefficient (Wildman–Crippen LogP) is 2.68. The van der Waals surface area contributed by atoms with Crippen molar-refractivity contribution in [2.45, 2.75) is 17.7 Å². The molecule has 0 atom stereocenters. The van der Waals surface area contributed by atoms with Crippen molar-refractivity contribution in [2.24, 2.45) is 5.41 Å². The lowest BCUT2D eigenvalue weighted by atomic mass is 9.78. The fraction of sp³-hybridized carbons (Fsp3) is 0.421. The van der Waals surface area contributed by atoms with E-state index in [1.807, 2.05) is 21.7 Å². The fourth-order valence-electron chi connectivity index (χ4n) is 3.84. The normalized spacial score (nSPS) is 21.7. The van der Waals surface area contributed by atoms with E-state index in [1.54, 1.807) is 31.3 Å². The maximum Gasteiger partial charge on any atom is 0.254 e. The summed E-state index contributed by atoms with van der Waals surface area (Å²) < 4.78 is 33.2. The highest BCUT2D eigenvalue weighted by Gasteiger charge is 2.42. The average molecular weight is 407 g/mol. The Kier molecular flexibility index (Phi) is 4.73. The number of ether oxygens (including phenoxy) is 1. The van der Waals surface area contributed by atoms with E-state index in [0.717, 1.165) is 5.56 Å². The van der Waals surface area contributed by atoms with Gasteiger partial charge in [-0.2, -0.15) is 11.3 Å². The van der Waals surface area contributed by atoms with Crippen LogP contribution in [0, 0.1) is 5.41 Å². The number of hydrogen-bond acceptors (Lipinski definition) is 5. The minimum atomic E-state index is -3.59. The van der Waals surface area contributed by atoms with Crippen molar-refractivity contribution < 1.29 is 17.9 Å². The molecule has 144 valence electrons. The molecule has 0 bridgehead atoms. The highest BCUT2D eigenvalue weighted by atomic mass is 32.2. The molecule has 0 N–H and O–H groups in total. The zero-order chi connectivity index (χ0) is 19.1. The van der Waals surface area contributed by atoms with Crippen molar-refractivity contribution in [3.05, 3.63) is 46.7 Å². The molecule has 1 spiro atoms. The number of carbonyl (C=O) groups excluding carboxylic acids is 1. The predicted molar refractivity (Wildman–Crippen MR) is 104 cm³/mol. The standard InChI is InChI=1S/C19H22N2O4S2/c1-20-13-19(14-25-16-4-2-3-5-17(16)27(20,23)24)7-9-21(10-8-19)18(22)15-6-11-26-12-15/h2-6,11-12H,7-10,13-14H2,1H3. The summed E-state index contributed by atoms with van der Waals surface area (Å²) in [6, 6.07) is 8.62. The molecule has 8 heteroatoms. The van der Waals surface area contributed by atoms with Crippen LogP contribution in [-0.4, -0.2) is 56.8 Å². The summed E-state index contributed by atoms with van der Waals surface area (Å²) in [5, 5.41) is 3.77. The highest BCUT2D eigenvalue weighted by Crippen LogP contribution is 2.38. The van der Waals surface area contributed by atoms with Crippen LogP contribution in [-0.2, 0) is 10.0 Å². The van der Waals surface area contributed by atoms with Gasteiger partial charge in [-0.25, -0.2) is 12.7 Å². The van der Waals surface area contributed by atoms with Crippen LogP contribution in [0.2, 0.25) is 0 Å². The number of hydrogen-bond donors (Lipinski definition) is 0. The highest BCUT2D eigenvalue weighted by molar-refractivity contribution is 7.89. The molecular formula is C19H22N2O4S2. The molecule has 1 saturated heterocycles. The maximum absolute atomic E-state index is 12.9. The Morgan fingerprint density at radius 2 is 1.93 bits per heavy atom. The van der Waals surface area contributed by atoms with E-state index in [2.05, 4.69) is 0 Å². The molecule has 1 amide bonds. The number of sulfonamides is 1. The van der Waals surface area contributed by atoms with Crippen LogP contribution in [0.4, 0.5) is 0 Å². The van der Waals surface area contributed by atoms with Crippen LogP contribution in [0.3, 0.4) is 0 Å². The fourth-order valence-corrected chi connectivity index (χ4v) is 5.88. The van der Waals surface area contributed by atoms with E-state index in [9.17, 15) is 13.2 Å². The van der Waals surface area contributed by atoms with E-state index >= 15 is 0 Å². The molecule has 1 fully saturated rings. The Balaban J connectivity index is 1.55. The molecule has 2 aliphatic heterocycles. The van der Waals surface area contributed by atoms with E-state index in [-0.39, 0.29) is 16.2 Å². The third-order valence-electron chi connectivity index (χ3n) is 5.51. The number of likely N-dealkylation sites (tertiary alicyclic amines) is 1. The summed E-state index contributed by atoms with van der Waals surface area (Å²) in [5.74, 6) is 0.449. The third-order valence-corrected chi connectivity index (χ3v) is 8.03. The molecule has 0 unspecified atom stereocenters. The molecule has 0 saturated carbocycles. The Labute approximate surface area is 163 Å². The Bertz CT molecular complexity index is 932. The number of thiophene rings is 1. The van der Waals surface area contributed by atoms with Crippen LogP contribution >= 0.6 is 11.3 Å². The minimum Gasteiger partial charge on any atom is -0.492 e. The lowest BCUT2D eigenvalue weighted by Crippen LogP contribution is -2.51. The molecule has 6 nitrogen and oxygen atoms in total. The second-order valence-electron chi connectivity index (χ2n) is 7.30. The van der Waals surface area contributed by atoms with Gasteiger partial charge in [0.15, 0.2) is 0 Å². The van der Waals surface area contributed by atoms with Gasteiger partial charge in [0.2, 0.25) is 10.0 Å². The van der Waals surface area contributed by atoms with E-state index in [1.165, 1.54) is 15.6 Å². The van der Waals surface area contributed by atoms with Gasteiger partial charge in [-0.3, -0.25) is 4.79 Å². The second-order valence-corrected chi connectivity index (χ2v) is 10.1.